The molecule has 1 unspecified atom stereocenters. The van der Waals surface area contributed by atoms with E-state index in [1.807, 2.05) is 4.90 Å². The number of esters is 2. The van der Waals surface area contributed by atoms with E-state index < -0.39 is 12.0 Å². The standard InChI is InChI=1S/C9H15NO4/c1-10-5-4-6(8(11)13-2)7(10)9(12)14-3/h6-7H,4-5H2,1-3H3/t6-,7?/m1/s1. The summed E-state index contributed by atoms with van der Waals surface area (Å²) in [5.74, 6) is -1.11. The van der Waals surface area contributed by atoms with Gasteiger partial charge in [0.25, 0.3) is 0 Å². The van der Waals surface area contributed by atoms with Crippen LogP contribution in [0.5, 0.6) is 0 Å². The summed E-state index contributed by atoms with van der Waals surface area (Å²) in [6.45, 7) is 0.708. The number of likely N-dealkylation sites (N-methyl/N-ethyl adjacent to an activating group) is 1. The molecule has 1 rings (SSSR count). The fourth-order valence-corrected chi connectivity index (χ4v) is 1.81. The van der Waals surface area contributed by atoms with Gasteiger partial charge in [-0.2, -0.15) is 0 Å². The number of ether oxygens (including phenoxy) is 2. The van der Waals surface area contributed by atoms with E-state index in [0.717, 1.165) is 0 Å². The minimum absolute atomic E-state index is 0.343. The molecule has 1 aliphatic rings. The van der Waals surface area contributed by atoms with Gasteiger partial charge in [-0.15, -0.1) is 0 Å². The molecule has 0 radical (unpaired) electrons. The number of hydrogen-bond donors (Lipinski definition) is 0. The molecule has 1 saturated heterocycles. The zero-order chi connectivity index (χ0) is 10.7. The van der Waals surface area contributed by atoms with Crippen LogP contribution < -0.4 is 0 Å². The van der Waals surface area contributed by atoms with Gasteiger partial charge in [0.05, 0.1) is 20.1 Å². The average Bonchev–Trinajstić information content (AvgIpc) is 2.58. The second-order valence-electron chi connectivity index (χ2n) is 3.37. The topological polar surface area (TPSA) is 55.8 Å². The lowest BCUT2D eigenvalue weighted by molar-refractivity contribution is -0.155. The lowest BCUT2D eigenvalue weighted by Gasteiger charge is -2.20. The molecule has 0 N–H and O–H groups in total. The van der Waals surface area contributed by atoms with Crippen molar-refractivity contribution >= 4 is 11.9 Å². The first-order valence-corrected chi connectivity index (χ1v) is 4.47. The van der Waals surface area contributed by atoms with E-state index in [2.05, 4.69) is 9.47 Å². The summed E-state index contributed by atoms with van der Waals surface area (Å²) < 4.78 is 9.28. The molecule has 14 heavy (non-hydrogen) atoms. The van der Waals surface area contributed by atoms with Crippen LogP contribution in [0.2, 0.25) is 0 Å². The van der Waals surface area contributed by atoms with Gasteiger partial charge in [-0.25, -0.2) is 0 Å². The Labute approximate surface area is 83.0 Å². The Bertz CT molecular complexity index is 241. The van der Waals surface area contributed by atoms with E-state index in [4.69, 9.17) is 0 Å². The minimum atomic E-state index is -0.493. The van der Waals surface area contributed by atoms with Crippen molar-refractivity contribution in [2.45, 2.75) is 12.5 Å². The number of hydrogen-bond acceptors (Lipinski definition) is 5. The SMILES string of the molecule is COC(=O)C1[C@H](C(=O)OC)CCN1C. The third kappa shape index (κ3) is 1.87. The molecule has 1 fully saturated rings. The first-order valence-electron chi connectivity index (χ1n) is 4.47. The van der Waals surface area contributed by atoms with E-state index in [1.54, 1.807) is 7.05 Å². The van der Waals surface area contributed by atoms with Crippen LogP contribution in [0.1, 0.15) is 6.42 Å². The van der Waals surface area contributed by atoms with E-state index in [-0.39, 0.29) is 11.9 Å². The Kier molecular flexibility index (Phi) is 3.46. The van der Waals surface area contributed by atoms with Crippen molar-refractivity contribution in [1.29, 1.82) is 0 Å². The number of carbonyl (C=O) groups excluding carboxylic acids is 2. The summed E-state index contributed by atoms with van der Waals surface area (Å²) in [6, 6.07) is -0.493. The minimum Gasteiger partial charge on any atom is -0.469 e. The zero-order valence-corrected chi connectivity index (χ0v) is 8.65. The maximum absolute atomic E-state index is 11.4. The molecule has 0 aromatic heterocycles. The first kappa shape index (κ1) is 11.0. The number of nitrogens with zero attached hydrogens (tertiary/aromatic N) is 1. The van der Waals surface area contributed by atoms with Crippen LogP contribution in [0, 0.1) is 5.92 Å². The molecule has 5 heteroatoms. The highest BCUT2D eigenvalue weighted by atomic mass is 16.5. The summed E-state index contributed by atoms with van der Waals surface area (Å²) in [4.78, 5) is 24.5. The summed E-state index contributed by atoms with van der Waals surface area (Å²) in [5, 5.41) is 0. The van der Waals surface area contributed by atoms with Crippen molar-refractivity contribution in [3.63, 3.8) is 0 Å². The fourth-order valence-electron chi connectivity index (χ4n) is 1.81. The predicted molar refractivity (Wildman–Crippen MR) is 48.6 cm³/mol. The molecule has 80 valence electrons. The molecule has 0 spiro atoms. The quantitative estimate of drug-likeness (QED) is 0.572. The molecule has 5 nitrogen and oxygen atoms in total. The molecular formula is C9H15NO4. The van der Waals surface area contributed by atoms with E-state index in [0.29, 0.717) is 13.0 Å². The van der Waals surface area contributed by atoms with Crippen molar-refractivity contribution in [1.82, 2.24) is 4.90 Å². The lowest BCUT2D eigenvalue weighted by atomic mass is 10.0. The molecule has 0 aromatic carbocycles. The van der Waals surface area contributed by atoms with E-state index in [9.17, 15) is 9.59 Å². The molecule has 0 saturated carbocycles. The van der Waals surface area contributed by atoms with Crippen molar-refractivity contribution < 1.29 is 19.1 Å². The summed E-state index contributed by atoms with van der Waals surface area (Å²) in [7, 11) is 4.45. The van der Waals surface area contributed by atoms with Crippen LogP contribution in [0.15, 0.2) is 0 Å². The van der Waals surface area contributed by atoms with Crippen LogP contribution in [0.4, 0.5) is 0 Å². The van der Waals surface area contributed by atoms with Gasteiger partial charge in [0.1, 0.15) is 6.04 Å². The van der Waals surface area contributed by atoms with Gasteiger partial charge < -0.3 is 9.47 Å². The summed E-state index contributed by atoms with van der Waals surface area (Å²) in [6.07, 6.45) is 0.642. The molecule has 0 aliphatic carbocycles. The van der Waals surface area contributed by atoms with Crippen LogP contribution >= 0.6 is 0 Å². The van der Waals surface area contributed by atoms with Gasteiger partial charge in [0.2, 0.25) is 0 Å². The highest BCUT2D eigenvalue weighted by molar-refractivity contribution is 5.85. The third-order valence-corrected chi connectivity index (χ3v) is 2.60. The lowest BCUT2D eigenvalue weighted by Crippen LogP contribution is -2.41. The van der Waals surface area contributed by atoms with Crippen LogP contribution in [-0.4, -0.2) is 50.7 Å². The fraction of sp³-hybridized carbons (Fsp3) is 0.778. The third-order valence-electron chi connectivity index (χ3n) is 2.60. The van der Waals surface area contributed by atoms with Gasteiger partial charge in [0.15, 0.2) is 0 Å². The number of rotatable bonds is 2. The van der Waals surface area contributed by atoms with E-state index in [1.165, 1.54) is 14.2 Å². The van der Waals surface area contributed by atoms with Gasteiger partial charge in [0, 0.05) is 0 Å². The maximum atomic E-state index is 11.4. The second kappa shape index (κ2) is 4.41. The zero-order valence-electron chi connectivity index (χ0n) is 8.65. The number of likely N-dealkylation sites (tertiary alicyclic amines) is 1. The predicted octanol–water partition coefficient (Wildman–Crippen LogP) is -0.347. The van der Waals surface area contributed by atoms with Crippen LogP contribution in [0.3, 0.4) is 0 Å². The first-order chi connectivity index (χ1) is 6.61. The molecule has 1 aliphatic heterocycles. The van der Waals surface area contributed by atoms with Gasteiger partial charge >= 0.3 is 11.9 Å². The Morgan fingerprint density at radius 1 is 1.21 bits per heavy atom. The van der Waals surface area contributed by atoms with Gasteiger partial charge in [-0.3, -0.25) is 14.5 Å². The highest BCUT2D eigenvalue weighted by Crippen LogP contribution is 2.24. The highest BCUT2D eigenvalue weighted by Gasteiger charge is 2.42. The Hall–Kier alpha value is -1.10. The Balaban J connectivity index is 2.76. The molecule has 1 heterocycles. The second-order valence-corrected chi connectivity index (χ2v) is 3.37. The molecular weight excluding hydrogens is 186 g/mol. The van der Waals surface area contributed by atoms with Crippen LogP contribution in [-0.2, 0) is 19.1 Å². The van der Waals surface area contributed by atoms with E-state index >= 15 is 0 Å². The van der Waals surface area contributed by atoms with Crippen molar-refractivity contribution in [2.75, 3.05) is 27.8 Å². The van der Waals surface area contributed by atoms with Crippen molar-refractivity contribution in [2.24, 2.45) is 5.92 Å². The Morgan fingerprint density at radius 3 is 2.29 bits per heavy atom. The van der Waals surface area contributed by atoms with Gasteiger partial charge in [-0.1, -0.05) is 0 Å². The average molecular weight is 201 g/mol. The number of methoxy groups -OCH3 is 2. The Morgan fingerprint density at radius 2 is 1.79 bits per heavy atom. The monoisotopic (exact) mass is 201 g/mol. The maximum Gasteiger partial charge on any atom is 0.323 e. The number of carbonyl (C=O) groups is 2. The molecule has 0 bridgehead atoms. The summed E-state index contributed by atoms with van der Waals surface area (Å²) >= 11 is 0. The van der Waals surface area contributed by atoms with Crippen molar-refractivity contribution in [3.8, 4) is 0 Å². The largest absolute Gasteiger partial charge is 0.469 e. The van der Waals surface area contributed by atoms with Crippen molar-refractivity contribution in [3.05, 3.63) is 0 Å². The normalized spacial score (nSPS) is 27.4. The molecule has 0 aromatic rings. The molecule has 0 amide bonds. The molecule has 2 atom stereocenters. The van der Waals surface area contributed by atoms with Crippen LogP contribution in [0.25, 0.3) is 0 Å². The smallest absolute Gasteiger partial charge is 0.323 e. The van der Waals surface area contributed by atoms with Gasteiger partial charge in [-0.05, 0) is 20.0 Å². The summed E-state index contributed by atoms with van der Waals surface area (Å²) in [5.41, 5.74) is 0.